The molecule has 4 heteroatoms. The molecule has 2 aromatic heterocycles. The number of hydrogen-bond acceptors (Lipinski definition) is 4. The van der Waals surface area contributed by atoms with Gasteiger partial charge >= 0.3 is 0 Å². The third kappa shape index (κ3) is 3.43. The van der Waals surface area contributed by atoms with Crippen LogP contribution in [0.3, 0.4) is 0 Å². The molecule has 0 radical (unpaired) electrons. The van der Waals surface area contributed by atoms with Crippen molar-refractivity contribution in [2.75, 3.05) is 0 Å². The maximum atomic E-state index is 5.85. The zero-order valence-electron chi connectivity index (χ0n) is 13.7. The molecule has 2 aromatic carbocycles. The second kappa shape index (κ2) is 6.61. The summed E-state index contributed by atoms with van der Waals surface area (Å²) in [5, 5.41) is 0. The van der Waals surface area contributed by atoms with Crippen LogP contribution in [0.15, 0.2) is 80.8 Å². The smallest absolute Gasteiger partial charge is 0.227 e. The molecule has 4 aromatic rings. The first-order chi connectivity index (χ1) is 12.3. The van der Waals surface area contributed by atoms with Gasteiger partial charge in [-0.25, -0.2) is 4.98 Å². The average molecular weight is 328 g/mol. The first kappa shape index (κ1) is 15.1. The Hall–Kier alpha value is -3.40. The fourth-order valence-electron chi connectivity index (χ4n) is 2.53. The number of benzene rings is 2. The van der Waals surface area contributed by atoms with Crippen molar-refractivity contribution in [3.8, 4) is 11.5 Å². The standard InChI is InChI=1S/C21H16N2O2/c1-15-9-10-20-19(13-15)23-21(25-20)16-5-2-6-17(14-16)22-11-3-7-18-8-4-12-24-18/h2-14H,1H3. The summed E-state index contributed by atoms with van der Waals surface area (Å²) in [4.78, 5) is 9.01. The number of aryl methyl sites for hydroxylation is 1. The molecule has 0 N–H and O–H groups in total. The van der Waals surface area contributed by atoms with Crippen LogP contribution in [0.1, 0.15) is 11.3 Å². The molecule has 0 aliphatic heterocycles. The number of furan rings is 1. The van der Waals surface area contributed by atoms with Crippen LogP contribution in [0.2, 0.25) is 0 Å². The van der Waals surface area contributed by atoms with Gasteiger partial charge in [-0.1, -0.05) is 12.1 Å². The predicted molar refractivity (Wildman–Crippen MR) is 100 cm³/mol. The maximum absolute atomic E-state index is 5.85. The molecule has 0 fully saturated rings. The summed E-state index contributed by atoms with van der Waals surface area (Å²) in [6.07, 6.45) is 7.07. The number of allylic oxidation sites excluding steroid dienone is 1. The lowest BCUT2D eigenvalue weighted by Crippen LogP contribution is -1.77. The number of aliphatic imine (C=N–C) groups is 1. The summed E-state index contributed by atoms with van der Waals surface area (Å²) in [6, 6.07) is 17.5. The van der Waals surface area contributed by atoms with Gasteiger partial charge in [-0.15, -0.1) is 0 Å². The first-order valence-corrected chi connectivity index (χ1v) is 8.00. The van der Waals surface area contributed by atoms with Crippen LogP contribution in [0.5, 0.6) is 0 Å². The molecule has 0 saturated heterocycles. The highest BCUT2D eigenvalue weighted by molar-refractivity contribution is 5.81. The Morgan fingerprint density at radius 3 is 2.88 bits per heavy atom. The van der Waals surface area contributed by atoms with E-state index in [9.17, 15) is 0 Å². The van der Waals surface area contributed by atoms with E-state index in [-0.39, 0.29) is 0 Å². The van der Waals surface area contributed by atoms with Crippen molar-refractivity contribution in [1.82, 2.24) is 4.98 Å². The Morgan fingerprint density at radius 1 is 1.04 bits per heavy atom. The monoisotopic (exact) mass is 328 g/mol. The maximum Gasteiger partial charge on any atom is 0.227 e. The van der Waals surface area contributed by atoms with Crippen LogP contribution in [-0.2, 0) is 0 Å². The van der Waals surface area contributed by atoms with Crippen LogP contribution < -0.4 is 0 Å². The Morgan fingerprint density at radius 2 is 2.00 bits per heavy atom. The lowest BCUT2D eigenvalue weighted by atomic mass is 10.2. The number of fused-ring (bicyclic) bond motifs is 1. The topological polar surface area (TPSA) is 51.5 Å². The van der Waals surface area contributed by atoms with Gasteiger partial charge in [0.05, 0.1) is 12.0 Å². The van der Waals surface area contributed by atoms with Gasteiger partial charge in [0.15, 0.2) is 5.58 Å². The van der Waals surface area contributed by atoms with E-state index >= 15 is 0 Å². The molecule has 0 bridgehead atoms. The normalized spacial score (nSPS) is 11.9. The Labute approximate surface area is 145 Å². The summed E-state index contributed by atoms with van der Waals surface area (Å²) in [5.41, 5.74) is 4.55. The molecule has 0 aliphatic rings. The van der Waals surface area contributed by atoms with Crippen molar-refractivity contribution < 1.29 is 8.83 Å². The molecule has 4 rings (SSSR count). The van der Waals surface area contributed by atoms with Crippen molar-refractivity contribution in [1.29, 1.82) is 0 Å². The van der Waals surface area contributed by atoms with Crippen molar-refractivity contribution in [2.45, 2.75) is 6.92 Å². The van der Waals surface area contributed by atoms with Gasteiger partial charge in [-0.05, 0) is 67.1 Å². The number of nitrogens with zero attached hydrogens (tertiary/aromatic N) is 2. The van der Waals surface area contributed by atoms with E-state index in [4.69, 9.17) is 8.83 Å². The van der Waals surface area contributed by atoms with Gasteiger partial charge < -0.3 is 8.83 Å². The zero-order valence-corrected chi connectivity index (χ0v) is 13.7. The van der Waals surface area contributed by atoms with E-state index in [1.54, 1.807) is 12.5 Å². The minimum Gasteiger partial charge on any atom is -0.465 e. The first-order valence-electron chi connectivity index (χ1n) is 8.00. The van der Waals surface area contributed by atoms with E-state index in [0.717, 1.165) is 33.7 Å². The largest absolute Gasteiger partial charge is 0.465 e. The SMILES string of the molecule is Cc1ccc2oc(-c3cccc(N=CC=Cc4ccco4)c3)nc2c1. The fourth-order valence-corrected chi connectivity index (χ4v) is 2.53. The van der Waals surface area contributed by atoms with Crippen LogP contribution in [-0.4, -0.2) is 11.2 Å². The minimum absolute atomic E-state index is 0.601. The van der Waals surface area contributed by atoms with Gasteiger partial charge in [0, 0.05) is 11.8 Å². The molecule has 2 heterocycles. The third-order valence-electron chi connectivity index (χ3n) is 3.75. The molecule has 0 atom stereocenters. The lowest BCUT2D eigenvalue weighted by Gasteiger charge is -1.97. The van der Waals surface area contributed by atoms with Crippen molar-refractivity contribution in [3.63, 3.8) is 0 Å². The van der Waals surface area contributed by atoms with Gasteiger partial charge in [0.25, 0.3) is 0 Å². The summed E-state index contributed by atoms with van der Waals surface area (Å²) >= 11 is 0. The van der Waals surface area contributed by atoms with Crippen molar-refractivity contribution >= 4 is 29.1 Å². The summed E-state index contributed by atoms with van der Waals surface area (Å²) in [7, 11) is 0. The lowest BCUT2D eigenvalue weighted by molar-refractivity contribution is 0.557. The highest BCUT2D eigenvalue weighted by atomic mass is 16.3. The molecule has 0 amide bonds. The average Bonchev–Trinajstić information content (AvgIpc) is 3.28. The molecule has 0 aliphatic carbocycles. The van der Waals surface area contributed by atoms with Gasteiger partial charge in [0.2, 0.25) is 5.89 Å². The van der Waals surface area contributed by atoms with Gasteiger partial charge in [0.1, 0.15) is 11.3 Å². The number of rotatable bonds is 4. The highest BCUT2D eigenvalue weighted by Gasteiger charge is 2.08. The second-order valence-electron chi connectivity index (χ2n) is 5.69. The van der Waals surface area contributed by atoms with Crippen LogP contribution in [0.4, 0.5) is 5.69 Å². The van der Waals surface area contributed by atoms with Crippen LogP contribution in [0, 0.1) is 6.92 Å². The van der Waals surface area contributed by atoms with E-state index in [1.165, 1.54) is 0 Å². The minimum atomic E-state index is 0.601. The van der Waals surface area contributed by atoms with Crippen LogP contribution in [0.25, 0.3) is 28.6 Å². The summed E-state index contributed by atoms with van der Waals surface area (Å²) in [5.74, 6) is 1.39. The molecular weight excluding hydrogens is 312 g/mol. The summed E-state index contributed by atoms with van der Waals surface area (Å²) < 4.78 is 11.1. The van der Waals surface area contributed by atoms with E-state index in [1.807, 2.05) is 73.7 Å². The summed E-state index contributed by atoms with van der Waals surface area (Å²) in [6.45, 7) is 2.04. The fraction of sp³-hybridized carbons (Fsp3) is 0.0476. The number of hydrogen-bond donors (Lipinski definition) is 0. The quantitative estimate of drug-likeness (QED) is 0.444. The van der Waals surface area contributed by atoms with Gasteiger partial charge in [-0.3, -0.25) is 4.99 Å². The molecule has 25 heavy (non-hydrogen) atoms. The predicted octanol–water partition coefficient (Wildman–Crippen LogP) is 5.81. The zero-order chi connectivity index (χ0) is 17.1. The molecule has 122 valence electrons. The van der Waals surface area contributed by atoms with Crippen LogP contribution >= 0.6 is 0 Å². The van der Waals surface area contributed by atoms with Crippen molar-refractivity contribution in [3.05, 3.63) is 78.3 Å². The Kier molecular flexibility index (Phi) is 4.01. The molecule has 0 saturated carbocycles. The number of aromatic nitrogens is 1. The Balaban J connectivity index is 1.57. The van der Waals surface area contributed by atoms with E-state index in [0.29, 0.717) is 5.89 Å². The van der Waals surface area contributed by atoms with Crippen molar-refractivity contribution in [2.24, 2.45) is 4.99 Å². The Bertz CT molecular complexity index is 1060. The molecule has 4 nitrogen and oxygen atoms in total. The van der Waals surface area contributed by atoms with E-state index in [2.05, 4.69) is 9.98 Å². The second-order valence-corrected chi connectivity index (χ2v) is 5.69. The van der Waals surface area contributed by atoms with E-state index < -0.39 is 0 Å². The third-order valence-corrected chi connectivity index (χ3v) is 3.75. The molecule has 0 spiro atoms. The van der Waals surface area contributed by atoms with Gasteiger partial charge in [-0.2, -0.15) is 0 Å². The number of oxazole rings is 1. The molecule has 0 unspecified atom stereocenters. The molecular formula is C21H16N2O2. The highest BCUT2D eigenvalue weighted by Crippen LogP contribution is 2.27.